The van der Waals surface area contributed by atoms with Crippen molar-refractivity contribution in [3.8, 4) is 5.75 Å². The first-order valence-electron chi connectivity index (χ1n) is 6.18. The number of aromatic nitrogens is 1. The highest BCUT2D eigenvalue weighted by Crippen LogP contribution is 2.28. The molecule has 0 saturated carbocycles. The minimum absolute atomic E-state index is 0.0273. The third-order valence-electron chi connectivity index (χ3n) is 2.66. The Morgan fingerprint density at radius 2 is 2.35 bits per heavy atom. The van der Waals surface area contributed by atoms with Gasteiger partial charge in [0.2, 0.25) is 0 Å². The molecule has 0 amide bonds. The number of hydrogen-bond acceptors (Lipinski definition) is 6. The maximum absolute atomic E-state index is 11.0. The van der Waals surface area contributed by atoms with E-state index < -0.39 is 4.92 Å². The van der Waals surface area contributed by atoms with Crippen LogP contribution in [0.5, 0.6) is 5.75 Å². The van der Waals surface area contributed by atoms with Crippen LogP contribution in [-0.4, -0.2) is 16.5 Å². The molecule has 20 heavy (non-hydrogen) atoms. The van der Waals surface area contributed by atoms with Crippen molar-refractivity contribution >= 4 is 17.0 Å². The molecule has 0 aliphatic rings. The van der Waals surface area contributed by atoms with Gasteiger partial charge in [0.25, 0.3) is 0 Å². The summed E-state index contributed by atoms with van der Waals surface area (Å²) in [6.07, 6.45) is 0. The Balaban J connectivity index is 2.15. The fourth-order valence-electron chi connectivity index (χ4n) is 1.66. The predicted octanol–water partition coefficient (Wildman–Crippen LogP) is 2.74. The fourth-order valence-corrected chi connectivity index (χ4v) is 2.21. The second-order valence-corrected chi connectivity index (χ2v) is 4.83. The molecule has 2 rings (SSSR count). The van der Waals surface area contributed by atoms with E-state index in [9.17, 15) is 10.1 Å². The summed E-state index contributed by atoms with van der Waals surface area (Å²) in [5.41, 5.74) is 3.39. The topological polar surface area (TPSA) is 77.3 Å². The number of nitrogens with zero attached hydrogens (tertiary/aromatic N) is 2. The van der Waals surface area contributed by atoms with Gasteiger partial charge in [-0.3, -0.25) is 10.1 Å². The number of hydrogen-bond donors (Lipinski definition) is 1. The van der Waals surface area contributed by atoms with Crippen molar-refractivity contribution in [1.29, 1.82) is 0 Å². The second-order valence-electron chi connectivity index (χ2n) is 4.11. The van der Waals surface area contributed by atoms with E-state index >= 15 is 0 Å². The molecule has 6 nitrogen and oxygen atoms in total. The van der Waals surface area contributed by atoms with Gasteiger partial charge in [0.15, 0.2) is 5.75 Å². The van der Waals surface area contributed by atoms with Crippen molar-refractivity contribution < 1.29 is 9.66 Å². The normalized spacial score (nSPS) is 10.4. The Morgan fingerprint density at radius 1 is 1.50 bits per heavy atom. The van der Waals surface area contributed by atoms with E-state index in [1.807, 2.05) is 12.3 Å². The van der Waals surface area contributed by atoms with Crippen LogP contribution in [0, 0.1) is 10.1 Å². The summed E-state index contributed by atoms with van der Waals surface area (Å²) in [5, 5.41) is 16.0. The molecule has 0 saturated heterocycles. The molecule has 0 bridgehead atoms. The van der Waals surface area contributed by atoms with Gasteiger partial charge < -0.3 is 10.1 Å². The highest BCUT2D eigenvalue weighted by atomic mass is 32.1. The van der Waals surface area contributed by atoms with Gasteiger partial charge in [-0.05, 0) is 18.2 Å². The average molecular weight is 293 g/mol. The molecule has 1 aromatic heterocycles. The molecule has 7 heteroatoms. The molecule has 2 aromatic rings. The molecule has 106 valence electrons. The van der Waals surface area contributed by atoms with Crippen LogP contribution in [-0.2, 0) is 13.2 Å². The number of nitrogens with one attached hydrogen (secondary N) is 1. The molecule has 1 aromatic carbocycles. The quantitative estimate of drug-likeness (QED) is 0.627. The van der Waals surface area contributed by atoms with E-state index in [0.717, 1.165) is 17.8 Å². The Bertz CT molecular complexity index is 572. The van der Waals surface area contributed by atoms with Gasteiger partial charge in [0, 0.05) is 18.0 Å². The fraction of sp³-hybridized carbons (Fsp3) is 0.308. The SMILES string of the molecule is CCNCc1ccc([N+](=O)[O-])c(OCc2cscn2)c1. The molecule has 1 heterocycles. The van der Waals surface area contributed by atoms with Gasteiger partial charge in [0.1, 0.15) is 6.61 Å². The number of rotatable bonds is 7. The third-order valence-corrected chi connectivity index (χ3v) is 3.29. The second kappa shape index (κ2) is 6.97. The van der Waals surface area contributed by atoms with E-state index in [4.69, 9.17) is 4.74 Å². The van der Waals surface area contributed by atoms with Crippen molar-refractivity contribution in [1.82, 2.24) is 10.3 Å². The average Bonchev–Trinajstić information content (AvgIpc) is 2.96. The van der Waals surface area contributed by atoms with Crippen molar-refractivity contribution in [2.45, 2.75) is 20.1 Å². The maximum Gasteiger partial charge on any atom is 0.310 e. The van der Waals surface area contributed by atoms with Gasteiger partial charge in [0.05, 0.1) is 16.1 Å². The molecule has 0 fully saturated rings. The minimum atomic E-state index is -0.437. The number of nitro benzene ring substituents is 1. The lowest BCUT2D eigenvalue weighted by Gasteiger charge is -2.08. The van der Waals surface area contributed by atoms with E-state index in [0.29, 0.717) is 6.54 Å². The zero-order valence-electron chi connectivity index (χ0n) is 11.0. The Kier molecular flexibility index (Phi) is 5.03. The molecular weight excluding hydrogens is 278 g/mol. The number of ether oxygens (including phenoxy) is 1. The maximum atomic E-state index is 11.0. The zero-order valence-corrected chi connectivity index (χ0v) is 11.9. The highest BCUT2D eigenvalue weighted by Gasteiger charge is 2.16. The number of thiazole rings is 1. The lowest BCUT2D eigenvalue weighted by atomic mass is 10.2. The molecule has 0 aliphatic carbocycles. The lowest BCUT2D eigenvalue weighted by Crippen LogP contribution is -2.12. The predicted molar refractivity (Wildman–Crippen MR) is 76.9 cm³/mol. The van der Waals surface area contributed by atoms with Crippen LogP contribution >= 0.6 is 11.3 Å². The van der Waals surface area contributed by atoms with E-state index in [-0.39, 0.29) is 18.0 Å². The minimum Gasteiger partial charge on any atom is -0.480 e. The van der Waals surface area contributed by atoms with Gasteiger partial charge in [-0.15, -0.1) is 11.3 Å². The van der Waals surface area contributed by atoms with Crippen LogP contribution < -0.4 is 10.1 Å². The molecule has 0 radical (unpaired) electrons. The summed E-state index contributed by atoms with van der Waals surface area (Å²) in [5.74, 6) is 0.276. The van der Waals surface area contributed by atoms with E-state index in [1.165, 1.54) is 17.4 Å². The van der Waals surface area contributed by atoms with Gasteiger partial charge in [-0.2, -0.15) is 0 Å². The summed E-state index contributed by atoms with van der Waals surface area (Å²) in [7, 11) is 0. The monoisotopic (exact) mass is 293 g/mol. The Morgan fingerprint density at radius 3 is 3.00 bits per heavy atom. The van der Waals surface area contributed by atoms with Crippen LogP contribution in [0.25, 0.3) is 0 Å². The smallest absolute Gasteiger partial charge is 0.310 e. The van der Waals surface area contributed by atoms with Crippen LogP contribution in [0.1, 0.15) is 18.2 Å². The van der Waals surface area contributed by atoms with Crippen molar-refractivity contribution in [2.75, 3.05) is 6.54 Å². The third kappa shape index (κ3) is 3.75. The van der Waals surface area contributed by atoms with Crippen molar-refractivity contribution in [2.24, 2.45) is 0 Å². The summed E-state index contributed by atoms with van der Waals surface area (Å²) in [6, 6.07) is 4.91. The number of benzene rings is 1. The van der Waals surface area contributed by atoms with Gasteiger partial charge in [-0.1, -0.05) is 13.0 Å². The lowest BCUT2D eigenvalue weighted by molar-refractivity contribution is -0.386. The Hall–Kier alpha value is -1.99. The van der Waals surface area contributed by atoms with E-state index in [1.54, 1.807) is 17.6 Å². The van der Waals surface area contributed by atoms with Crippen LogP contribution in [0.3, 0.4) is 0 Å². The van der Waals surface area contributed by atoms with Gasteiger partial charge in [-0.25, -0.2) is 4.98 Å². The molecule has 0 atom stereocenters. The standard InChI is InChI=1S/C13H15N3O3S/c1-2-14-6-10-3-4-12(16(17)18)13(5-10)19-7-11-8-20-9-15-11/h3-5,8-9,14H,2,6-7H2,1H3. The first-order valence-corrected chi connectivity index (χ1v) is 7.13. The zero-order chi connectivity index (χ0) is 14.4. The molecule has 0 aliphatic heterocycles. The van der Waals surface area contributed by atoms with Crippen molar-refractivity contribution in [3.63, 3.8) is 0 Å². The first-order chi connectivity index (χ1) is 9.70. The molecular formula is C13H15N3O3S. The van der Waals surface area contributed by atoms with Gasteiger partial charge >= 0.3 is 5.69 Å². The molecule has 0 unspecified atom stereocenters. The molecule has 1 N–H and O–H groups in total. The van der Waals surface area contributed by atoms with Crippen LogP contribution in [0.4, 0.5) is 5.69 Å². The van der Waals surface area contributed by atoms with E-state index in [2.05, 4.69) is 10.3 Å². The first kappa shape index (κ1) is 14.4. The summed E-state index contributed by atoms with van der Waals surface area (Å²) in [4.78, 5) is 14.7. The summed E-state index contributed by atoms with van der Waals surface area (Å²) < 4.78 is 5.54. The van der Waals surface area contributed by atoms with Crippen molar-refractivity contribution in [3.05, 3.63) is 50.5 Å². The van der Waals surface area contributed by atoms with Crippen LogP contribution in [0.2, 0.25) is 0 Å². The highest BCUT2D eigenvalue weighted by molar-refractivity contribution is 7.07. The largest absolute Gasteiger partial charge is 0.480 e. The Labute approximate surface area is 120 Å². The molecule has 0 spiro atoms. The summed E-state index contributed by atoms with van der Waals surface area (Å²) >= 11 is 1.46. The number of nitro groups is 1. The summed E-state index contributed by atoms with van der Waals surface area (Å²) in [6.45, 7) is 3.73. The van der Waals surface area contributed by atoms with Crippen LogP contribution in [0.15, 0.2) is 29.1 Å².